The number of rotatable bonds is 2. The Balaban J connectivity index is 1.71. The number of nitrogens with zero attached hydrogens (tertiary/aromatic N) is 2. The molecule has 1 N–H and O–H groups in total. The highest BCUT2D eigenvalue weighted by Gasteiger charge is 2.51. The van der Waals surface area contributed by atoms with E-state index in [1.54, 1.807) is 0 Å². The van der Waals surface area contributed by atoms with Crippen LogP contribution in [0.25, 0.3) is 0 Å². The summed E-state index contributed by atoms with van der Waals surface area (Å²) in [7, 11) is 0. The van der Waals surface area contributed by atoms with Crippen LogP contribution in [0.1, 0.15) is 44.9 Å². The Bertz CT molecular complexity index is 357. The van der Waals surface area contributed by atoms with Crippen LogP contribution in [0.5, 0.6) is 0 Å². The van der Waals surface area contributed by atoms with Gasteiger partial charge in [0.15, 0.2) is 0 Å². The molecule has 1 saturated carbocycles. The van der Waals surface area contributed by atoms with Crippen molar-refractivity contribution in [2.24, 2.45) is 0 Å². The zero-order valence-electron chi connectivity index (χ0n) is 10.8. The summed E-state index contributed by atoms with van der Waals surface area (Å²) in [5.41, 5.74) is -0.560. The van der Waals surface area contributed by atoms with Crippen molar-refractivity contribution in [3.63, 3.8) is 0 Å². The summed E-state index contributed by atoms with van der Waals surface area (Å²) >= 11 is 0. The zero-order valence-corrected chi connectivity index (χ0v) is 10.8. The molecule has 0 bridgehead atoms. The second-order valence-electron chi connectivity index (χ2n) is 5.77. The molecule has 0 atom stereocenters. The molecule has 0 aromatic rings. The predicted octanol–water partition coefficient (Wildman–Crippen LogP) is 1.29. The summed E-state index contributed by atoms with van der Waals surface area (Å²) in [5, 5.41) is 2.95. The average Bonchev–Trinajstić information content (AvgIpc) is 2.95. The van der Waals surface area contributed by atoms with Crippen molar-refractivity contribution in [1.82, 2.24) is 15.1 Å². The third-order valence-corrected chi connectivity index (χ3v) is 4.49. The summed E-state index contributed by atoms with van der Waals surface area (Å²) in [5.74, 6) is 0.0131. The third kappa shape index (κ3) is 1.90. The van der Waals surface area contributed by atoms with E-state index in [0.29, 0.717) is 6.67 Å². The first kappa shape index (κ1) is 12.0. The van der Waals surface area contributed by atoms with Gasteiger partial charge in [0.2, 0.25) is 0 Å². The van der Waals surface area contributed by atoms with E-state index in [1.807, 2.05) is 0 Å². The maximum atomic E-state index is 12.5. The maximum absolute atomic E-state index is 12.5. The number of amides is 3. The van der Waals surface area contributed by atoms with Gasteiger partial charge in [-0.2, -0.15) is 0 Å². The first-order valence-corrected chi connectivity index (χ1v) is 7.08. The Kier molecular flexibility index (Phi) is 3.01. The van der Waals surface area contributed by atoms with Crippen molar-refractivity contribution in [3.8, 4) is 0 Å². The van der Waals surface area contributed by atoms with E-state index < -0.39 is 5.54 Å². The Morgan fingerprint density at radius 3 is 2.33 bits per heavy atom. The van der Waals surface area contributed by atoms with Crippen LogP contribution in [-0.2, 0) is 4.79 Å². The summed E-state index contributed by atoms with van der Waals surface area (Å²) in [4.78, 5) is 28.1. The molecule has 5 nitrogen and oxygen atoms in total. The van der Waals surface area contributed by atoms with Crippen molar-refractivity contribution in [2.75, 3.05) is 19.8 Å². The van der Waals surface area contributed by atoms with Gasteiger partial charge >= 0.3 is 6.03 Å². The molecule has 3 rings (SSSR count). The average molecular weight is 251 g/mol. The van der Waals surface area contributed by atoms with Crippen molar-refractivity contribution in [3.05, 3.63) is 0 Å². The number of nitrogens with one attached hydrogen (secondary N) is 1. The van der Waals surface area contributed by atoms with Gasteiger partial charge in [-0.25, -0.2) is 9.69 Å². The highest BCUT2D eigenvalue weighted by molar-refractivity contribution is 6.07. The number of hydrogen-bond acceptors (Lipinski definition) is 3. The van der Waals surface area contributed by atoms with Gasteiger partial charge in [-0.15, -0.1) is 0 Å². The normalized spacial score (nSPS) is 28.1. The largest absolute Gasteiger partial charge is 0.326 e. The Labute approximate surface area is 107 Å². The van der Waals surface area contributed by atoms with E-state index in [-0.39, 0.29) is 11.9 Å². The molecule has 2 saturated heterocycles. The first-order chi connectivity index (χ1) is 8.71. The molecule has 5 heteroatoms. The lowest BCUT2D eigenvalue weighted by molar-refractivity contribution is -0.133. The molecule has 2 heterocycles. The second kappa shape index (κ2) is 4.53. The van der Waals surface area contributed by atoms with Gasteiger partial charge in [0, 0.05) is 0 Å². The van der Waals surface area contributed by atoms with Gasteiger partial charge in [-0.3, -0.25) is 9.69 Å². The van der Waals surface area contributed by atoms with Crippen molar-refractivity contribution < 1.29 is 9.59 Å². The Morgan fingerprint density at radius 2 is 1.67 bits per heavy atom. The van der Waals surface area contributed by atoms with E-state index in [4.69, 9.17) is 0 Å². The fraction of sp³-hybridized carbons (Fsp3) is 0.846. The fourth-order valence-electron chi connectivity index (χ4n) is 3.42. The molecule has 0 aromatic carbocycles. The van der Waals surface area contributed by atoms with Crippen LogP contribution in [0.3, 0.4) is 0 Å². The topological polar surface area (TPSA) is 52.7 Å². The Morgan fingerprint density at radius 1 is 1.00 bits per heavy atom. The highest BCUT2D eigenvalue weighted by atomic mass is 16.2. The van der Waals surface area contributed by atoms with Crippen LogP contribution in [-0.4, -0.2) is 47.0 Å². The minimum Gasteiger partial charge on any atom is -0.323 e. The van der Waals surface area contributed by atoms with E-state index >= 15 is 0 Å². The lowest BCUT2D eigenvalue weighted by Crippen LogP contribution is -2.49. The number of likely N-dealkylation sites (tertiary alicyclic amines) is 1. The molecule has 1 aliphatic carbocycles. The quantitative estimate of drug-likeness (QED) is 0.753. The van der Waals surface area contributed by atoms with Crippen molar-refractivity contribution in [2.45, 2.75) is 50.5 Å². The van der Waals surface area contributed by atoms with Gasteiger partial charge in [0.25, 0.3) is 5.91 Å². The number of carbonyl (C=O) groups excluding carboxylic acids is 2. The standard InChI is InChI=1S/C13H21N3O2/c17-11-13(6-2-1-3-7-13)14-12(18)16(11)10-15-8-4-5-9-15/h1-10H2,(H,14,18). The van der Waals surface area contributed by atoms with E-state index in [0.717, 1.165) is 38.8 Å². The SMILES string of the molecule is O=C1NC2(CCCCC2)C(=O)N1CN1CCCC1. The second-order valence-corrected chi connectivity index (χ2v) is 5.77. The molecule has 0 radical (unpaired) electrons. The number of carbonyl (C=O) groups is 2. The maximum Gasteiger partial charge on any atom is 0.326 e. The molecule has 2 aliphatic heterocycles. The van der Waals surface area contributed by atoms with Gasteiger partial charge in [0.1, 0.15) is 5.54 Å². The van der Waals surface area contributed by atoms with Crippen LogP contribution in [0, 0.1) is 0 Å². The molecular weight excluding hydrogens is 230 g/mol. The lowest BCUT2D eigenvalue weighted by atomic mass is 9.82. The van der Waals surface area contributed by atoms with E-state index in [1.165, 1.54) is 24.2 Å². The lowest BCUT2D eigenvalue weighted by Gasteiger charge is -2.30. The molecule has 3 amide bonds. The molecule has 0 unspecified atom stereocenters. The summed E-state index contributed by atoms with van der Waals surface area (Å²) < 4.78 is 0. The van der Waals surface area contributed by atoms with E-state index in [2.05, 4.69) is 10.2 Å². The molecule has 1 spiro atoms. The molecule has 18 heavy (non-hydrogen) atoms. The first-order valence-electron chi connectivity index (χ1n) is 7.08. The number of hydrogen-bond donors (Lipinski definition) is 1. The minimum atomic E-state index is -0.560. The summed E-state index contributed by atoms with van der Waals surface area (Å²) in [6, 6.07) is -0.186. The van der Waals surface area contributed by atoms with Crippen LogP contribution >= 0.6 is 0 Å². The number of urea groups is 1. The predicted molar refractivity (Wildman–Crippen MR) is 66.9 cm³/mol. The number of imide groups is 1. The molecule has 0 aromatic heterocycles. The molecule has 3 aliphatic rings. The van der Waals surface area contributed by atoms with Crippen molar-refractivity contribution in [1.29, 1.82) is 0 Å². The zero-order chi connectivity index (χ0) is 12.6. The highest BCUT2D eigenvalue weighted by Crippen LogP contribution is 2.33. The molecular formula is C13H21N3O2. The molecule has 100 valence electrons. The van der Waals surface area contributed by atoms with Crippen molar-refractivity contribution >= 4 is 11.9 Å². The minimum absolute atomic E-state index is 0.0131. The Hall–Kier alpha value is -1.10. The monoisotopic (exact) mass is 251 g/mol. The smallest absolute Gasteiger partial charge is 0.323 e. The fourth-order valence-corrected chi connectivity index (χ4v) is 3.42. The van der Waals surface area contributed by atoms with Crippen LogP contribution < -0.4 is 5.32 Å². The summed E-state index contributed by atoms with van der Waals surface area (Å²) in [6.45, 7) is 2.49. The van der Waals surface area contributed by atoms with Crippen LogP contribution in [0.15, 0.2) is 0 Å². The van der Waals surface area contributed by atoms with Gasteiger partial charge in [0.05, 0.1) is 6.67 Å². The van der Waals surface area contributed by atoms with Gasteiger partial charge in [-0.05, 0) is 38.8 Å². The van der Waals surface area contributed by atoms with Gasteiger partial charge in [-0.1, -0.05) is 19.3 Å². The van der Waals surface area contributed by atoms with Crippen LogP contribution in [0.2, 0.25) is 0 Å². The summed E-state index contributed by atoms with van der Waals surface area (Å²) in [6.07, 6.45) is 7.25. The van der Waals surface area contributed by atoms with E-state index in [9.17, 15) is 9.59 Å². The van der Waals surface area contributed by atoms with Gasteiger partial charge < -0.3 is 5.32 Å². The molecule has 3 fully saturated rings. The third-order valence-electron chi connectivity index (χ3n) is 4.49. The van der Waals surface area contributed by atoms with Crippen LogP contribution in [0.4, 0.5) is 4.79 Å².